The minimum Gasteiger partial charge on any atom is -0.324 e. The zero-order valence-electron chi connectivity index (χ0n) is 17.5. The van der Waals surface area contributed by atoms with Crippen LogP contribution in [0.3, 0.4) is 0 Å². The van der Waals surface area contributed by atoms with E-state index in [1.165, 1.54) is 11.8 Å². The van der Waals surface area contributed by atoms with Crippen LogP contribution >= 0.6 is 23.4 Å². The number of amidine groups is 2. The van der Waals surface area contributed by atoms with Gasteiger partial charge in [0, 0.05) is 5.56 Å². The molecular weight excluding hydrogens is 432 g/mol. The molecule has 31 heavy (non-hydrogen) atoms. The lowest BCUT2D eigenvalue weighted by Gasteiger charge is -2.34. The summed E-state index contributed by atoms with van der Waals surface area (Å²) >= 11 is 7.49. The lowest BCUT2D eigenvalue weighted by molar-refractivity contribution is -0.120. The Labute approximate surface area is 190 Å². The Morgan fingerprint density at radius 2 is 1.87 bits per heavy atom. The summed E-state index contributed by atoms with van der Waals surface area (Å²) in [7, 11) is 0. The molecule has 2 aromatic carbocycles. The van der Waals surface area contributed by atoms with Crippen molar-refractivity contribution in [3.8, 4) is 0 Å². The highest BCUT2D eigenvalue weighted by Crippen LogP contribution is 2.37. The van der Waals surface area contributed by atoms with Gasteiger partial charge in [-0.1, -0.05) is 67.9 Å². The third kappa shape index (κ3) is 4.12. The molecule has 0 radical (unpaired) electrons. The Hall–Kier alpha value is -2.64. The van der Waals surface area contributed by atoms with Crippen molar-refractivity contribution < 1.29 is 9.59 Å². The number of halogens is 1. The quantitative estimate of drug-likeness (QED) is 0.681. The fourth-order valence-electron chi connectivity index (χ4n) is 3.60. The van der Waals surface area contributed by atoms with E-state index in [2.05, 4.69) is 17.2 Å². The molecule has 0 spiro atoms. The molecule has 0 aliphatic carbocycles. The van der Waals surface area contributed by atoms with Crippen LogP contribution in [0.25, 0.3) is 0 Å². The molecule has 6 nitrogen and oxygen atoms in total. The highest BCUT2D eigenvalue weighted by Gasteiger charge is 2.44. The highest BCUT2D eigenvalue weighted by molar-refractivity contribution is 8.14. The first-order valence-corrected chi connectivity index (χ1v) is 11.5. The predicted molar refractivity (Wildman–Crippen MR) is 127 cm³/mol. The van der Waals surface area contributed by atoms with Crippen molar-refractivity contribution in [2.45, 2.75) is 38.5 Å². The number of hydrogen-bond acceptors (Lipinski definition) is 5. The van der Waals surface area contributed by atoms with Crippen molar-refractivity contribution in [1.82, 2.24) is 4.90 Å². The number of hydrogen-bond donors (Lipinski definition) is 1. The standard InChI is InChI=1S/C23H23ClN4O2S/c1-4-13(2)19-22(30)27-20-15-9-5-7-11-17(15)26-23(28(19)20)31-14(3)21(29)25-18-12-8-6-10-16(18)24/h5-14,19H,4H2,1-3H3,(H,25,29). The average Bonchev–Trinajstić information content (AvgIpc) is 3.12. The van der Waals surface area contributed by atoms with Crippen molar-refractivity contribution in [2.75, 3.05) is 5.32 Å². The van der Waals surface area contributed by atoms with Crippen LogP contribution in [0.2, 0.25) is 5.02 Å². The van der Waals surface area contributed by atoms with E-state index in [0.717, 1.165) is 17.7 Å². The minimum absolute atomic E-state index is 0.0945. The van der Waals surface area contributed by atoms with Gasteiger partial charge < -0.3 is 5.32 Å². The maximum absolute atomic E-state index is 12.9. The molecule has 0 aromatic heterocycles. The van der Waals surface area contributed by atoms with E-state index >= 15 is 0 Å². The number of thioether (sulfide) groups is 1. The minimum atomic E-state index is -0.463. The first-order chi connectivity index (χ1) is 14.9. The maximum atomic E-state index is 12.9. The summed E-state index contributed by atoms with van der Waals surface area (Å²) in [6.07, 6.45) is 0.831. The van der Waals surface area contributed by atoms with Crippen LogP contribution in [0.5, 0.6) is 0 Å². The molecule has 2 aliphatic rings. The molecular formula is C23H23ClN4O2S. The zero-order chi connectivity index (χ0) is 22.1. The number of aliphatic imine (C=N–C) groups is 2. The van der Waals surface area contributed by atoms with Gasteiger partial charge in [-0.15, -0.1) is 0 Å². The van der Waals surface area contributed by atoms with Crippen molar-refractivity contribution in [2.24, 2.45) is 15.9 Å². The van der Waals surface area contributed by atoms with E-state index in [1.54, 1.807) is 12.1 Å². The molecule has 4 rings (SSSR count). The van der Waals surface area contributed by atoms with Crippen LogP contribution < -0.4 is 5.32 Å². The molecule has 2 aliphatic heterocycles. The summed E-state index contributed by atoms with van der Waals surface area (Å²) in [6.45, 7) is 5.90. The van der Waals surface area contributed by atoms with Gasteiger partial charge in [-0.3, -0.25) is 14.5 Å². The largest absolute Gasteiger partial charge is 0.324 e. The number of carbonyl (C=O) groups excluding carboxylic acids is 2. The zero-order valence-corrected chi connectivity index (χ0v) is 19.1. The number of fused-ring (bicyclic) bond motifs is 3. The molecule has 8 heteroatoms. The van der Waals surface area contributed by atoms with E-state index < -0.39 is 11.3 Å². The van der Waals surface area contributed by atoms with Crippen molar-refractivity contribution in [3.63, 3.8) is 0 Å². The third-order valence-corrected chi connectivity index (χ3v) is 6.90. The van der Waals surface area contributed by atoms with Crippen LogP contribution in [0.1, 0.15) is 32.8 Å². The molecule has 3 atom stereocenters. The van der Waals surface area contributed by atoms with E-state index in [-0.39, 0.29) is 17.7 Å². The Morgan fingerprint density at radius 3 is 2.61 bits per heavy atom. The van der Waals surface area contributed by atoms with Gasteiger partial charge in [0.05, 0.1) is 21.6 Å². The number of nitrogens with zero attached hydrogens (tertiary/aromatic N) is 3. The summed E-state index contributed by atoms with van der Waals surface area (Å²) in [5.74, 6) is 0.352. The Kier molecular flexibility index (Phi) is 6.16. The molecule has 0 bridgehead atoms. The lowest BCUT2D eigenvalue weighted by atomic mass is 9.97. The molecule has 1 N–H and O–H groups in total. The Balaban J connectivity index is 1.63. The number of rotatable bonds is 5. The number of anilines is 1. The van der Waals surface area contributed by atoms with Crippen LogP contribution in [0, 0.1) is 5.92 Å². The van der Waals surface area contributed by atoms with Gasteiger partial charge in [0.2, 0.25) is 5.91 Å². The third-order valence-electron chi connectivity index (χ3n) is 5.51. The summed E-state index contributed by atoms with van der Waals surface area (Å²) < 4.78 is 0. The highest BCUT2D eigenvalue weighted by atomic mass is 35.5. The second kappa shape index (κ2) is 8.85. The SMILES string of the molecule is CCC(C)C1C(=O)N=C2c3ccccc3N=C(SC(C)C(=O)Nc3ccccc3Cl)N21. The topological polar surface area (TPSA) is 74.1 Å². The first kappa shape index (κ1) is 21.6. The molecule has 2 amide bonds. The van der Waals surface area contributed by atoms with Crippen LogP contribution in [-0.2, 0) is 9.59 Å². The van der Waals surface area contributed by atoms with Gasteiger partial charge in [-0.05, 0) is 37.1 Å². The van der Waals surface area contributed by atoms with Crippen molar-refractivity contribution in [3.05, 3.63) is 59.1 Å². The van der Waals surface area contributed by atoms with E-state index in [0.29, 0.717) is 21.7 Å². The smallest absolute Gasteiger partial charge is 0.271 e. The summed E-state index contributed by atoms with van der Waals surface area (Å²) in [6, 6.07) is 14.3. The number of benzene rings is 2. The fourth-order valence-corrected chi connectivity index (χ4v) is 4.73. The maximum Gasteiger partial charge on any atom is 0.271 e. The van der Waals surface area contributed by atoms with Crippen molar-refractivity contribution in [1.29, 1.82) is 0 Å². The predicted octanol–water partition coefficient (Wildman–Crippen LogP) is 5.11. The normalized spacial score (nSPS) is 19.2. The molecule has 2 heterocycles. The average molecular weight is 455 g/mol. The second-order valence-corrected chi connectivity index (χ2v) is 9.33. The molecule has 3 unspecified atom stereocenters. The molecule has 0 saturated heterocycles. The molecule has 160 valence electrons. The molecule has 0 fully saturated rings. The van der Waals surface area contributed by atoms with Gasteiger partial charge in [0.15, 0.2) is 5.17 Å². The number of carbonyl (C=O) groups is 2. The van der Waals surface area contributed by atoms with E-state index in [1.807, 2.05) is 55.1 Å². The van der Waals surface area contributed by atoms with Crippen LogP contribution in [0.4, 0.5) is 11.4 Å². The van der Waals surface area contributed by atoms with Gasteiger partial charge in [0.25, 0.3) is 5.91 Å². The monoisotopic (exact) mass is 454 g/mol. The Morgan fingerprint density at radius 1 is 1.16 bits per heavy atom. The number of amides is 2. The van der Waals surface area contributed by atoms with Crippen molar-refractivity contribution >= 4 is 57.6 Å². The molecule has 0 saturated carbocycles. The first-order valence-electron chi connectivity index (χ1n) is 10.2. The van der Waals surface area contributed by atoms with Crippen LogP contribution in [0.15, 0.2) is 58.5 Å². The van der Waals surface area contributed by atoms with Gasteiger partial charge in [-0.25, -0.2) is 4.99 Å². The Bertz CT molecular complexity index is 1100. The lowest BCUT2D eigenvalue weighted by Crippen LogP contribution is -2.47. The summed E-state index contributed by atoms with van der Waals surface area (Å²) in [5, 5.41) is 3.49. The van der Waals surface area contributed by atoms with E-state index in [4.69, 9.17) is 16.6 Å². The van der Waals surface area contributed by atoms with E-state index in [9.17, 15) is 9.59 Å². The second-order valence-electron chi connectivity index (χ2n) is 7.61. The van der Waals surface area contributed by atoms with Gasteiger partial charge in [-0.2, -0.15) is 4.99 Å². The van der Waals surface area contributed by atoms with Crippen LogP contribution in [-0.4, -0.2) is 39.0 Å². The fraction of sp³-hybridized carbons (Fsp3) is 0.304. The number of nitrogens with one attached hydrogen (secondary N) is 1. The summed E-state index contributed by atoms with van der Waals surface area (Å²) in [5.41, 5.74) is 2.14. The van der Waals surface area contributed by atoms with Gasteiger partial charge in [0.1, 0.15) is 11.9 Å². The molecule has 2 aromatic rings. The number of para-hydroxylation sites is 2. The van der Waals surface area contributed by atoms with Gasteiger partial charge >= 0.3 is 0 Å². The summed E-state index contributed by atoms with van der Waals surface area (Å²) in [4.78, 5) is 36.7.